The first kappa shape index (κ1) is 22.2. The number of terminal acetylenes is 1. The van der Waals surface area contributed by atoms with Gasteiger partial charge in [-0.05, 0) is 26.0 Å². The molecule has 8 heteroatoms. The van der Waals surface area contributed by atoms with Crippen LogP contribution in [0.1, 0.15) is 33.4 Å². The highest BCUT2D eigenvalue weighted by Crippen LogP contribution is 2.20. The molecule has 1 aliphatic rings. The van der Waals surface area contributed by atoms with Gasteiger partial charge < -0.3 is 19.9 Å². The number of carbonyl (C=O) groups excluding carboxylic acids is 1. The lowest BCUT2D eigenvalue weighted by Crippen LogP contribution is -2.49. The molecule has 1 aromatic heterocycles. The molecule has 1 saturated heterocycles. The van der Waals surface area contributed by atoms with E-state index in [1.165, 1.54) is 11.8 Å². The smallest absolute Gasteiger partial charge is 0.410 e. The largest absolute Gasteiger partial charge is 0.444 e. The summed E-state index contributed by atoms with van der Waals surface area (Å²) in [5, 5.41) is 3.38. The van der Waals surface area contributed by atoms with E-state index < -0.39 is 5.60 Å². The van der Waals surface area contributed by atoms with Gasteiger partial charge in [0.15, 0.2) is 5.16 Å². The second kappa shape index (κ2) is 9.39. The molecule has 0 aliphatic carbocycles. The number of amides is 1. The Morgan fingerprint density at radius 2 is 2.07 bits per heavy atom. The van der Waals surface area contributed by atoms with Crippen LogP contribution in [-0.2, 0) is 17.8 Å². The minimum absolute atomic E-state index is 0.136. The molecule has 28 heavy (non-hydrogen) atoms. The molecule has 1 atom stereocenters. The SMILES string of the molecule is C#CSc1nc(CN2CCN(C(=O)OC(C)(C)C)CC2)cn1CC(C)C(=C)N. The van der Waals surface area contributed by atoms with E-state index in [1.54, 1.807) is 4.90 Å². The van der Waals surface area contributed by atoms with E-state index in [9.17, 15) is 4.79 Å². The van der Waals surface area contributed by atoms with Crippen LogP contribution >= 0.6 is 11.8 Å². The minimum atomic E-state index is -0.474. The van der Waals surface area contributed by atoms with Gasteiger partial charge >= 0.3 is 6.09 Å². The standard InChI is InChI=1S/C20H31N5O2S/c1-7-28-18-22-17(14-25(18)12-15(2)16(3)21)13-23-8-10-24(11-9-23)19(26)27-20(4,5)6/h1,14-15H,3,8-13,21H2,2,4-6H3. The molecule has 1 amide bonds. The summed E-state index contributed by atoms with van der Waals surface area (Å²) >= 11 is 1.27. The molecule has 2 N–H and O–H groups in total. The van der Waals surface area contributed by atoms with Gasteiger partial charge in [-0.3, -0.25) is 4.90 Å². The average molecular weight is 406 g/mol. The molecule has 0 aromatic carbocycles. The number of nitrogens with two attached hydrogens (primary N) is 1. The third-order valence-corrected chi connectivity index (χ3v) is 5.08. The Balaban J connectivity index is 1.95. The van der Waals surface area contributed by atoms with E-state index in [1.807, 2.05) is 38.5 Å². The molecule has 154 valence electrons. The number of allylic oxidation sites excluding steroid dienone is 1. The Kier molecular flexibility index (Phi) is 7.44. The van der Waals surface area contributed by atoms with E-state index in [0.717, 1.165) is 23.9 Å². The number of imidazole rings is 1. The summed E-state index contributed by atoms with van der Waals surface area (Å²) in [6.07, 6.45) is 7.24. The molecule has 1 unspecified atom stereocenters. The Morgan fingerprint density at radius 3 is 2.61 bits per heavy atom. The number of thioether (sulfide) groups is 1. The zero-order chi connectivity index (χ0) is 20.9. The van der Waals surface area contributed by atoms with Crippen molar-refractivity contribution in [3.63, 3.8) is 0 Å². The fraction of sp³-hybridized carbons (Fsp3) is 0.600. The van der Waals surface area contributed by atoms with Gasteiger partial charge in [0.25, 0.3) is 0 Å². The number of piperazine rings is 1. The van der Waals surface area contributed by atoms with Gasteiger partial charge in [0.1, 0.15) is 5.60 Å². The van der Waals surface area contributed by atoms with Gasteiger partial charge in [-0.25, -0.2) is 9.78 Å². The highest BCUT2D eigenvalue weighted by atomic mass is 32.2. The number of aromatic nitrogens is 2. The third kappa shape index (κ3) is 6.50. The van der Waals surface area contributed by atoms with Crippen LogP contribution in [0.15, 0.2) is 23.6 Å². The fourth-order valence-corrected chi connectivity index (χ4v) is 3.36. The van der Waals surface area contributed by atoms with Gasteiger partial charge in [0.05, 0.1) is 5.69 Å². The van der Waals surface area contributed by atoms with Crippen LogP contribution in [0.2, 0.25) is 0 Å². The predicted molar refractivity (Wildman–Crippen MR) is 112 cm³/mol. The van der Waals surface area contributed by atoms with Crippen molar-refractivity contribution >= 4 is 17.9 Å². The van der Waals surface area contributed by atoms with Gasteiger partial charge in [0, 0.05) is 68.8 Å². The highest BCUT2D eigenvalue weighted by molar-refractivity contribution is 8.03. The van der Waals surface area contributed by atoms with Crippen LogP contribution in [-0.4, -0.2) is 57.2 Å². The Labute approximate surface area is 172 Å². The molecule has 2 heterocycles. The number of ether oxygens (including phenoxy) is 1. The molecule has 2 rings (SSSR count). The van der Waals surface area contributed by atoms with Gasteiger partial charge in [-0.2, -0.15) is 0 Å². The van der Waals surface area contributed by atoms with Crippen molar-refractivity contribution in [3.05, 3.63) is 24.2 Å². The first-order chi connectivity index (χ1) is 13.1. The quantitative estimate of drug-likeness (QED) is 0.579. The average Bonchev–Trinajstić information content (AvgIpc) is 2.95. The lowest BCUT2D eigenvalue weighted by atomic mass is 10.1. The number of nitrogens with zero attached hydrogens (tertiary/aromatic N) is 4. The number of hydrogen-bond donors (Lipinski definition) is 1. The maximum Gasteiger partial charge on any atom is 0.410 e. The summed E-state index contributed by atoms with van der Waals surface area (Å²) in [5.74, 6) is 0.136. The van der Waals surface area contributed by atoms with Gasteiger partial charge in [0.2, 0.25) is 0 Å². The van der Waals surface area contributed by atoms with Gasteiger partial charge in [-0.1, -0.05) is 13.5 Å². The van der Waals surface area contributed by atoms with Crippen LogP contribution in [0.3, 0.4) is 0 Å². The van der Waals surface area contributed by atoms with Crippen molar-refractivity contribution in [2.24, 2.45) is 11.7 Å². The molecule has 0 saturated carbocycles. The number of rotatable bonds is 6. The van der Waals surface area contributed by atoms with Crippen LogP contribution in [0, 0.1) is 17.6 Å². The first-order valence-corrected chi connectivity index (χ1v) is 10.2. The maximum atomic E-state index is 12.2. The number of hydrogen-bond acceptors (Lipinski definition) is 6. The summed E-state index contributed by atoms with van der Waals surface area (Å²) < 4.78 is 7.49. The Bertz CT molecular complexity index is 739. The summed E-state index contributed by atoms with van der Waals surface area (Å²) in [6.45, 7) is 15.7. The zero-order valence-electron chi connectivity index (χ0n) is 17.3. The topological polar surface area (TPSA) is 76.6 Å². The van der Waals surface area contributed by atoms with E-state index in [4.69, 9.17) is 16.9 Å². The molecule has 1 aliphatic heterocycles. The number of carbonyl (C=O) groups is 1. The van der Waals surface area contributed by atoms with E-state index in [0.29, 0.717) is 31.9 Å². The monoisotopic (exact) mass is 405 g/mol. The molecular weight excluding hydrogens is 374 g/mol. The molecular formula is C20H31N5O2S. The molecule has 1 aromatic rings. The van der Waals surface area contributed by atoms with Gasteiger partial charge in [-0.15, -0.1) is 6.42 Å². The second-order valence-electron chi connectivity index (χ2n) is 8.11. The van der Waals surface area contributed by atoms with Crippen LogP contribution in [0.5, 0.6) is 0 Å². The Morgan fingerprint density at radius 1 is 1.43 bits per heavy atom. The van der Waals surface area contributed by atoms with E-state index in [2.05, 4.69) is 21.7 Å². The molecule has 7 nitrogen and oxygen atoms in total. The van der Waals surface area contributed by atoms with Crippen molar-refractivity contribution in [3.8, 4) is 11.7 Å². The normalized spacial score (nSPS) is 16.5. The molecule has 0 bridgehead atoms. The van der Waals surface area contributed by atoms with Crippen LogP contribution in [0.4, 0.5) is 4.79 Å². The first-order valence-electron chi connectivity index (χ1n) is 9.42. The molecule has 1 fully saturated rings. The molecule has 0 spiro atoms. The van der Waals surface area contributed by atoms with Crippen molar-refractivity contribution in [2.75, 3.05) is 26.2 Å². The highest BCUT2D eigenvalue weighted by Gasteiger charge is 2.26. The van der Waals surface area contributed by atoms with Crippen molar-refractivity contribution in [2.45, 2.75) is 51.5 Å². The summed E-state index contributed by atoms with van der Waals surface area (Å²) in [5.41, 5.74) is 6.94. The van der Waals surface area contributed by atoms with Crippen molar-refractivity contribution < 1.29 is 9.53 Å². The zero-order valence-corrected chi connectivity index (χ0v) is 18.1. The Hall–Kier alpha value is -2.11. The van der Waals surface area contributed by atoms with E-state index >= 15 is 0 Å². The third-order valence-electron chi connectivity index (χ3n) is 4.45. The van der Waals surface area contributed by atoms with Crippen molar-refractivity contribution in [1.29, 1.82) is 0 Å². The predicted octanol–water partition coefficient (Wildman–Crippen LogP) is 2.73. The van der Waals surface area contributed by atoms with Crippen LogP contribution in [0.25, 0.3) is 0 Å². The summed E-state index contributed by atoms with van der Waals surface area (Å²) in [4.78, 5) is 20.9. The fourth-order valence-electron chi connectivity index (χ4n) is 2.85. The molecule has 0 radical (unpaired) electrons. The second-order valence-corrected chi connectivity index (χ2v) is 8.91. The van der Waals surface area contributed by atoms with E-state index in [-0.39, 0.29) is 12.0 Å². The maximum absolute atomic E-state index is 12.2. The summed E-state index contributed by atoms with van der Waals surface area (Å²) in [7, 11) is 0. The van der Waals surface area contributed by atoms with Crippen molar-refractivity contribution in [1.82, 2.24) is 19.4 Å². The van der Waals surface area contributed by atoms with Crippen LogP contribution < -0.4 is 5.73 Å². The lowest BCUT2D eigenvalue weighted by Gasteiger charge is -2.35. The summed E-state index contributed by atoms with van der Waals surface area (Å²) in [6, 6.07) is 0. The lowest BCUT2D eigenvalue weighted by molar-refractivity contribution is 0.0138. The minimum Gasteiger partial charge on any atom is -0.444 e.